The maximum absolute atomic E-state index is 14.1. The fourth-order valence-electron chi connectivity index (χ4n) is 3.56. The molecular weight excluding hydrogens is 439 g/mol. The highest BCUT2D eigenvalue weighted by molar-refractivity contribution is 7.90. The number of halogens is 2. The number of benzene rings is 3. The van der Waals surface area contributed by atoms with Crippen molar-refractivity contribution < 1.29 is 17.6 Å². The van der Waals surface area contributed by atoms with Gasteiger partial charge in [-0.05, 0) is 60.9 Å². The number of rotatable bonds is 5. The van der Waals surface area contributed by atoms with Gasteiger partial charge in [0.1, 0.15) is 5.82 Å². The summed E-state index contributed by atoms with van der Waals surface area (Å²) in [6.45, 7) is 3.65. The molecule has 0 spiro atoms. The lowest BCUT2D eigenvalue weighted by atomic mass is 10.0. The van der Waals surface area contributed by atoms with E-state index in [0.29, 0.717) is 16.5 Å². The SMILES string of the molecule is Cc1cc(C)cc(S(=O)(=O)n2ncc3ccc(CC(=O)c4c(F)cccc4Cl)cc32)c1. The van der Waals surface area contributed by atoms with Crippen LogP contribution in [0.4, 0.5) is 4.39 Å². The van der Waals surface area contributed by atoms with Crippen LogP contribution in [-0.4, -0.2) is 23.4 Å². The van der Waals surface area contributed by atoms with Crippen molar-refractivity contribution >= 4 is 38.3 Å². The van der Waals surface area contributed by atoms with Crippen LogP contribution in [0.1, 0.15) is 27.0 Å². The average Bonchev–Trinajstić information content (AvgIpc) is 3.11. The van der Waals surface area contributed by atoms with E-state index in [1.54, 1.807) is 30.3 Å². The fourth-order valence-corrected chi connectivity index (χ4v) is 5.29. The summed E-state index contributed by atoms with van der Waals surface area (Å²) in [5, 5.41) is 4.71. The largest absolute Gasteiger partial charge is 0.294 e. The van der Waals surface area contributed by atoms with E-state index in [1.807, 2.05) is 19.9 Å². The second kappa shape index (κ2) is 7.90. The van der Waals surface area contributed by atoms with Gasteiger partial charge in [-0.1, -0.05) is 35.9 Å². The second-order valence-corrected chi connectivity index (χ2v) is 9.58. The Morgan fingerprint density at radius 2 is 1.77 bits per heavy atom. The molecule has 31 heavy (non-hydrogen) atoms. The van der Waals surface area contributed by atoms with E-state index in [-0.39, 0.29) is 21.9 Å². The Kier molecular flexibility index (Phi) is 5.41. The van der Waals surface area contributed by atoms with E-state index in [4.69, 9.17) is 11.6 Å². The minimum atomic E-state index is -3.94. The van der Waals surface area contributed by atoms with Crippen molar-refractivity contribution in [3.63, 3.8) is 0 Å². The molecule has 5 nitrogen and oxygen atoms in total. The number of Topliss-reactive ketones (excluding diaryl/α,β-unsaturated/α-hetero) is 1. The summed E-state index contributed by atoms with van der Waals surface area (Å²) in [5.41, 5.74) is 2.32. The Morgan fingerprint density at radius 3 is 2.45 bits per heavy atom. The van der Waals surface area contributed by atoms with Gasteiger partial charge in [0.25, 0.3) is 10.0 Å². The molecule has 0 aliphatic rings. The third-order valence-corrected chi connectivity index (χ3v) is 6.82. The number of hydrogen-bond acceptors (Lipinski definition) is 4. The van der Waals surface area contributed by atoms with Crippen LogP contribution in [0.3, 0.4) is 0 Å². The maximum Gasteiger partial charge on any atom is 0.283 e. The van der Waals surface area contributed by atoms with Crippen molar-refractivity contribution in [1.82, 2.24) is 9.19 Å². The Hall–Kier alpha value is -3.03. The zero-order valence-electron chi connectivity index (χ0n) is 16.8. The standard InChI is InChI=1S/C23H18ClFN2O3S/c1-14-8-15(2)10-18(9-14)31(29,30)27-21-11-16(6-7-17(21)13-26-27)12-22(28)23-19(24)4-3-5-20(23)25/h3-11,13H,12H2,1-2H3. The van der Waals surface area contributed by atoms with Crippen molar-refractivity contribution in [2.75, 3.05) is 0 Å². The van der Waals surface area contributed by atoms with Gasteiger partial charge in [-0.15, -0.1) is 0 Å². The molecule has 0 bridgehead atoms. The molecule has 1 heterocycles. The van der Waals surface area contributed by atoms with E-state index in [2.05, 4.69) is 5.10 Å². The number of hydrogen-bond donors (Lipinski definition) is 0. The Labute approximate surface area is 184 Å². The number of carbonyl (C=O) groups is 1. The number of ketones is 1. The van der Waals surface area contributed by atoms with Crippen molar-refractivity contribution in [1.29, 1.82) is 0 Å². The predicted octanol–water partition coefficient (Wildman–Crippen LogP) is 5.11. The zero-order valence-corrected chi connectivity index (χ0v) is 18.3. The summed E-state index contributed by atoms with van der Waals surface area (Å²) < 4.78 is 41.5. The zero-order chi connectivity index (χ0) is 22.3. The molecule has 4 aromatic rings. The maximum atomic E-state index is 14.1. The predicted molar refractivity (Wildman–Crippen MR) is 118 cm³/mol. The Balaban J connectivity index is 1.75. The number of aryl methyl sites for hydroxylation is 2. The molecule has 0 saturated heterocycles. The van der Waals surface area contributed by atoms with Crippen LogP contribution in [0.2, 0.25) is 5.02 Å². The molecule has 0 radical (unpaired) electrons. The summed E-state index contributed by atoms with van der Waals surface area (Å²) in [7, 11) is -3.94. The molecule has 0 saturated carbocycles. The average molecular weight is 457 g/mol. The van der Waals surface area contributed by atoms with Gasteiger partial charge in [0.05, 0.1) is 27.2 Å². The van der Waals surface area contributed by atoms with Crippen LogP contribution in [0.5, 0.6) is 0 Å². The quantitative estimate of drug-likeness (QED) is 0.391. The molecule has 4 rings (SSSR count). The number of nitrogens with zero attached hydrogens (tertiary/aromatic N) is 2. The van der Waals surface area contributed by atoms with Crippen molar-refractivity contribution in [2.45, 2.75) is 25.2 Å². The number of fused-ring (bicyclic) bond motifs is 1. The molecule has 0 aliphatic carbocycles. The minimum absolute atomic E-state index is 0.0357. The van der Waals surface area contributed by atoms with Crippen LogP contribution in [0, 0.1) is 19.7 Å². The van der Waals surface area contributed by atoms with Crippen LogP contribution >= 0.6 is 11.6 Å². The van der Waals surface area contributed by atoms with E-state index in [9.17, 15) is 17.6 Å². The van der Waals surface area contributed by atoms with Crippen molar-refractivity contribution in [3.8, 4) is 0 Å². The van der Waals surface area contributed by atoms with Crippen molar-refractivity contribution in [2.24, 2.45) is 0 Å². The highest BCUT2D eigenvalue weighted by Gasteiger charge is 2.22. The number of carbonyl (C=O) groups excluding carboxylic acids is 1. The van der Waals surface area contributed by atoms with Crippen LogP contribution in [0.25, 0.3) is 10.9 Å². The van der Waals surface area contributed by atoms with Gasteiger partial charge in [-0.25, -0.2) is 4.39 Å². The molecule has 0 amide bonds. The molecule has 8 heteroatoms. The summed E-state index contributed by atoms with van der Waals surface area (Å²) in [5.74, 6) is -1.19. The van der Waals surface area contributed by atoms with Gasteiger partial charge in [-0.2, -0.15) is 17.6 Å². The molecule has 0 atom stereocenters. The van der Waals surface area contributed by atoms with Crippen LogP contribution in [0.15, 0.2) is 65.7 Å². The molecule has 158 valence electrons. The lowest BCUT2D eigenvalue weighted by Gasteiger charge is -2.09. The van der Waals surface area contributed by atoms with E-state index in [0.717, 1.165) is 15.2 Å². The molecule has 0 fully saturated rings. The monoisotopic (exact) mass is 456 g/mol. The molecule has 3 aromatic carbocycles. The minimum Gasteiger partial charge on any atom is -0.294 e. The Morgan fingerprint density at radius 1 is 1.06 bits per heavy atom. The molecule has 0 unspecified atom stereocenters. The number of aromatic nitrogens is 2. The summed E-state index contributed by atoms with van der Waals surface area (Å²) in [6, 6.07) is 14.1. The summed E-state index contributed by atoms with van der Waals surface area (Å²) in [6.07, 6.45) is 1.32. The lowest BCUT2D eigenvalue weighted by molar-refractivity contribution is 0.0989. The van der Waals surface area contributed by atoms with Crippen LogP contribution < -0.4 is 0 Å². The van der Waals surface area contributed by atoms with Gasteiger partial charge in [0.15, 0.2) is 5.78 Å². The van der Waals surface area contributed by atoms with E-state index >= 15 is 0 Å². The van der Waals surface area contributed by atoms with E-state index < -0.39 is 21.6 Å². The summed E-state index contributed by atoms with van der Waals surface area (Å²) in [4.78, 5) is 12.8. The molecular formula is C23H18ClFN2O3S. The molecule has 0 aliphatic heterocycles. The molecule has 1 aromatic heterocycles. The third-order valence-electron chi connectivity index (χ3n) is 4.93. The molecule has 0 N–H and O–H groups in total. The van der Waals surface area contributed by atoms with Crippen molar-refractivity contribution in [3.05, 3.63) is 93.9 Å². The van der Waals surface area contributed by atoms with Gasteiger partial charge >= 0.3 is 0 Å². The topological polar surface area (TPSA) is 69.0 Å². The highest BCUT2D eigenvalue weighted by atomic mass is 35.5. The van der Waals surface area contributed by atoms with Gasteiger partial charge in [0, 0.05) is 11.8 Å². The third kappa shape index (κ3) is 3.98. The normalized spacial score (nSPS) is 11.7. The fraction of sp³-hybridized carbons (Fsp3) is 0.130. The second-order valence-electron chi connectivity index (χ2n) is 7.41. The van der Waals surface area contributed by atoms with Gasteiger partial charge < -0.3 is 0 Å². The first-order valence-electron chi connectivity index (χ1n) is 9.44. The highest BCUT2D eigenvalue weighted by Crippen LogP contribution is 2.25. The van der Waals surface area contributed by atoms with Gasteiger partial charge in [-0.3, -0.25) is 4.79 Å². The van der Waals surface area contributed by atoms with Crippen LogP contribution in [-0.2, 0) is 16.4 Å². The first-order chi connectivity index (χ1) is 14.7. The Bertz CT molecular complexity index is 1400. The van der Waals surface area contributed by atoms with E-state index in [1.165, 1.54) is 24.4 Å². The summed E-state index contributed by atoms with van der Waals surface area (Å²) >= 11 is 5.99. The lowest BCUT2D eigenvalue weighted by Crippen LogP contribution is -2.15. The first kappa shape index (κ1) is 21.2. The van der Waals surface area contributed by atoms with Gasteiger partial charge in [0.2, 0.25) is 0 Å². The first-order valence-corrected chi connectivity index (χ1v) is 11.3. The smallest absolute Gasteiger partial charge is 0.283 e.